The number of hydrogen-bond donors (Lipinski definition) is 3. The number of sulfonamides is 1. The number of carbonyl (C=O) groups excluding carboxylic acids is 1. The molecule has 0 aliphatic rings. The smallest absolute Gasteiger partial charge is 0.248 e. The molecule has 1 aromatic carbocycles. The molecular formula is C12H18N2O5S. The number of aliphatic hydroxyl groups is 1. The van der Waals surface area contributed by atoms with Gasteiger partial charge >= 0.3 is 0 Å². The summed E-state index contributed by atoms with van der Waals surface area (Å²) in [6.45, 7) is 0.772. The minimum Gasteiger partial charge on any atom is -0.394 e. The van der Waals surface area contributed by atoms with Crippen LogP contribution >= 0.6 is 0 Å². The average molecular weight is 302 g/mol. The molecule has 0 aliphatic heterocycles. The van der Waals surface area contributed by atoms with Crippen molar-refractivity contribution in [3.8, 4) is 0 Å². The lowest BCUT2D eigenvalue weighted by Gasteiger charge is -2.07. The van der Waals surface area contributed by atoms with Crippen LogP contribution in [-0.2, 0) is 14.8 Å². The van der Waals surface area contributed by atoms with Gasteiger partial charge in [0, 0.05) is 18.7 Å². The quantitative estimate of drug-likeness (QED) is 0.529. The summed E-state index contributed by atoms with van der Waals surface area (Å²) in [6.07, 6.45) is 0.499. The molecule has 0 unspecified atom stereocenters. The van der Waals surface area contributed by atoms with Gasteiger partial charge in [-0.15, -0.1) is 0 Å². The van der Waals surface area contributed by atoms with Crippen LogP contribution in [0.15, 0.2) is 29.2 Å². The van der Waals surface area contributed by atoms with Gasteiger partial charge in [0.15, 0.2) is 0 Å². The Bertz CT molecular complexity index is 527. The summed E-state index contributed by atoms with van der Waals surface area (Å²) in [5, 5.41) is 8.49. The lowest BCUT2D eigenvalue weighted by molar-refractivity contribution is 0.0913. The topological polar surface area (TPSA) is 119 Å². The van der Waals surface area contributed by atoms with Crippen LogP contribution in [0.1, 0.15) is 16.8 Å². The highest BCUT2D eigenvalue weighted by atomic mass is 32.2. The van der Waals surface area contributed by atoms with Crippen molar-refractivity contribution in [1.82, 2.24) is 4.72 Å². The van der Waals surface area contributed by atoms with Gasteiger partial charge in [-0.05, 0) is 30.7 Å². The van der Waals surface area contributed by atoms with Crippen LogP contribution in [0.3, 0.4) is 0 Å². The van der Waals surface area contributed by atoms with Crippen LogP contribution in [0.4, 0.5) is 0 Å². The van der Waals surface area contributed by atoms with E-state index in [1.54, 1.807) is 0 Å². The van der Waals surface area contributed by atoms with E-state index >= 15 is 0 Å². The maximum absolute atomic E-state index is 11.9. The molecule has 1 rings (SSSR count). The van der Waals surface area contributed by atoms with Gasteiger partial charge in [0.1, 0.15) is 0 Å². The number of rotatable bonds is 9. The summed E-state index contributed by atoms with van der Waals surface area (Å²) in [5.41, 5.74) is 5.33. The molecule has 4 N–H and O–H groups in total. The molecule has 0 spiro atoms. The summed E-state index contributed by atoms with van der Waals surface area (Å²) >= 11 is 0. The van der Waals surface area contributed by atoms with Gasteiger partial charge in [0.2, 0.25) is 15.9 Å². The maximum atomic E-state index is 11.9. The van der Waals surface area contributed by atoms with Gasteiger partial charge in [0.05, 0.1) is 18.1 Å². The molecule has 0 atom stereocenters. The summed E-state index contributed by atoms with van der Waals surface area (Å²) in [4.78, 5) is 11.0. The molecule has 0 bridgehead atoms. The molecule has 0 saturated carbocycles. The van der Waals surface area contributed by atoms with E-state index in [0.29, 0.717) is 13.0 Å². The van der Waals surface area contributed by atoms with Crippen LogP contribution in [0.2, 0.25) is 0 Å². The van der Waals surface area contributed by atoms with Gasteiger partial charge in [0.25, 0.3) is 0 Å². The first-order valence-electron chi connectivity index (χ1n) is 6.05. The van der Waals surface area contributed by atoms with Crippen LogP contribution in [0.5, 0.6) is 0 Å². The van der Waals surface area contributed by atoms with E-state index in [1.807, 2.05) is 0 Å². The molecule has 0 radical (unpaired) electrons. The Morgan fingerprint density at radius 3 is 2.45 bits per heavy atom. The third kappa shape index (κ3) is 5.25. The molecular weight excluding hydrogens is 284 g/mol. The molecule has 0 saturated heterocycles. The Labute approximate surface area is 117 Å². The lowest BCUT2D eigenvalue weighted by Crippen LogP contribution is -2.25. The van der Waals surface area contributed by atoms with Crippen molar-refractivity contribution in [2.24, 2.45) is 5.73 Å². The second kappa shape index (κ2) is 7.95. The lowest BCUT2D eigenvalue weighted by atomic mass is 10.2. The second-order valence-electron chi connectivity index (χ2n) is 3.98. The van der Waals surface area contributed by atoms with E-state index in [2.05, 4.69) is 4.72 Å². The molecule has 0 aromatic heterocycles. The van der Waals surface area contributed by atoms with Crippen molar-refractivity contribution in [2.75, 3.05) is 26.4 Å². The monoisotopic (exact) mass is 302 g/mol. The first kappa shape index (κ1) is 16.6. The summed E-state index contributed by atoms with van der Waals surface area (Å²) in [6, 6.07) is 5.37. The fourth-order valence-corrected chi connectivity index (χ4v) is 2.50. The largest absolute Gasteiger partial charge is 0.394 e. The van der Waals surface area contributed by atoms with Crippen molar-refractivity contribution in [3.63, 3.8) is 0 Å². The summed E-state index contributed by atoms with van der Waals surface area (Å²) < 4.78 is 31.2. The SMILES string of the molecule is NC(=O)c1ccc(S(=O)(=O)NCCCOCCO)cc1. The first-order valence-corrected chi connectivity index (χ1v) is 7.54. The van der Waals surface area contributed by atoms with Gasteiger partial charge in [-0.2, -0.15) is 0 Å². The van der Waals surface area contributed by atoms with Crippen molar-refractivity contribution >= 4 is 15.9 Å². The number of nitrogens with one attached hydrogen (secondary N) is 1. The first-order chi connectivity index (χ1) is 9.47. The molecule has 7 nitrogen and oxygen atoms in total. The number of aliphatic hydroxyl groups excluding tert-OH is 1. The number of hydrogen-bond acceptors (Lipinski definition) is 5. The number of benzene rings is 1. The van der Waals surface area contributed by atoms with E-state index in [-0.39, 0.29) is 30.2 Å². The molecule has 1 amide bonds. The normalized spacial score (nSPS) is 11.4. The minimum absolute atomic E-state index is 0.0576. The predicted octanol–water partition coefficient (Wildman–Crippen LogP) is -0.537. The van der Waals surface area contributed by atoms with Gasteiger partial charge < -0.3 is 15.6 Å². The van der Waals surface area contributed by atoms with Gasteiger partial charge in [-0.3, -0.25) is 4.79 Å². The molecule has 20 heavy (non-hydrogen) atoms. The highest BCUT2D eigenvalue weighted by Crippen LogP contribution is 2.10. The summed E-state index contributed by atoms with van der Waals surface area (Å²) in [7, 11) is -3.60. The minimum atomic E-state index is -3.60. The van der Waals surface area contributed by atoms with Gasteiger partial charge in [-0.1, -0.05) is 0 Å². The second-order valence-corrected chi connectivity index (χ2v) is 5.74. The molecule has 0 heterocycles. The van der Waals surface area contributed by atoms with Crippen molar-refractivity contribution in [3.05, 3.63) is 29.8 Å². The highest BCUT2D eigenvalue weighted by Gasteiger charge is 2.13. The molecule has 1 aromatic rings. The number of nitrogens with two attached hydrogens (primary N) is 1. The van der Waals surface area contributed by atoms with E-state index in [9.17, 15) is 13.2 Å². The Kier molecular flexibility index (Phi) is 6.59. The third-order valence-corrected chi connectivity index (χ3v) is 3.92. The molecule has 0 aliphatic carbocycles. The Morgan fingerprint density at radius 2 is 1.90 bits per heavy atom. The Balaban J connectivity index is 2.49. The molecule has 0 fully saturated rings. The zero-order valence-electron chi connectivity index (χ0n) is 10.9. The van der Waals surface area contributed by atoms with Crippen LogP contribution in [0, 0.1) is 0 Å². The van der Waals surface area contributed by atoms with Crippen molar-refractivity contribution in [2.45, 2.75) is 11.3 Å². The average Bonchev–Trinajstić information content (AvgIpc) is 2.43. The number of carbonyl (C=O) groups is 1. The van der Waals surface area contributed by atoms with Crippen molar-refractivity contribution < 1.29 is 23.1 Å². The fourth-order valence-electron chi connectivity index (χ4n) is 1.43. The van der Waals surface area contributed by atoms with E-state index < -0.39 is 15.9 Å². The molecule has 8 heteroatoms. The van der Waals surface area contributed by atoms with E-state index in [1.165, 1.54) is 24.3 Å². The Morgan fingerprint density at radius 1 is 1.25 bits per heavy atom. The van der Waals surface area contributed by atoms with Crippen LogP contribution in [-0.4, -0.2) is 45.8 Å². The highest BCUT2D eigenvalue weighted by molar-refractivity contribution is 7.89. The number of amides is 1. The zero-order chi connectivity index (χ0) is 15.0. The van der Waals surface area contributed by atoms with E-state index in [0.717, 1.165) is 0 Å². The zero-order valence-corrected chi connectivity index (χ0v) is 11.7. The third-order valence-electron chi connectivity index (χ3n) is 2.44. The maximum Gasteiger partial charge on any atom is 0.248 e. The number of primary amides is 1. The summed E-state index contributed by atoms with van der Waals surface area (Å²) in [5.74, 6) is -0.608. The number of ether oxygens (including phenoxy) is 1. The molecule has 112 valence electrons. The Hall–Kier alpha value is -1.48. The predicted molar refractivity (Wildman–Crippen MR) is 72.7 cm³/mol. The van der Waals surface area contributed by atoms with Gasteiger partial charge in [-0.25, -0.2) is 13.1 Å². The van der Waals surface area contributed by atoms with Crippen molar-refractivity contribution in [1.29, 1.82) is 0 Å². The van der Waals surface area contributed by atoms with Crippen LogP contribution < -0.4 is 10.5 Å². The van der Waals surface area contributed by atoms with E-state index in [4.69, 9.17) is 15.6 Å². The standard InChI is InChI=1S/C12H18N2O5S/c13-12(16)10-2-4-11(5-3-10)20(17,18)14-6-1-8-19-9-7-15/h2-5,14-15H,1,6-9H2,(H2,13,16). The van der Waals surface area contributed by atoms with Crippen LogP contribution in [0.25, 0.3) is 0 Å². The fraction of sp³-hybridized carbons (Fsp3) is 0.417.